The van der Waals surface area contributed by atoms with Crippen molar-refractivity contribution in [1.82, 2.24) is 15.0 Å². The molecular formula is C21H20N6O2S. The average molecular weight is 420 g/mol. The molecule has 1 atom stereocenters. The number of aryl methyl sites for hydroxylation is 1. The van der Waals surface area contributed by atoms with Gasteiger partial charge in [0.25, 0.3) is 0 Å². The lowest BCUT2D eigenvalue weighted by molar-refractivity contribution is 0.0594. The molecule has 0 amide bonds. The van der Waals surface area contributed by atoms with E-state index in [4.69, 9.17) is 15.7 Å². The van der Waals surface area contributed by atoms with Gasteiger partial charge >= 0.3 is 5.97 Å². The number of carbonyl (C=O) groups excluding carboxylic acids is 1. The predicted octanol–water partition coefficient (Wildman–Crippen LogP) is 2.98. The number of carbonyl (C=O) groups is 1. The lowest BCUT2D eigenvalue weighted by atomic mass is 9.96. The monoisotopic (exact) mass is 420 g/mol. The predicted molar refractivity (Wildman–Crippen MR) is 113 cm³/mol. The number of benzene rings is 1. The van der Waals surface area contributed by atoms with E-state index in [0.29, 0.717) is 28.1 Å². The Balaban J connectivity index is 1.82. The van der Waals surface area contributed by atoms with Gasteiger partial charge in [0.1, 0.15) is 27.3 Å². The van der Waals surface area contributed by atoms with Crippen molar-refractivity contribution in [1.29, 1.82) is 5.26 Å². The minimum Gasteiger partial charge on any atom is -0.464 e. The summed E-state index contributed by atoms with van der Waals surface area (Å²) in [4.78, 5) is 28.0. The van der Waals surface area contributed by atoms with Crippen molar-refractivity contribution in [2.24, 2.45) is 5.73 Å². The van der Waals surface area contributed by atoms with Crippen LogP contribution in [0.3, 0.4) is 0 Å². The van der Waals surface area contributed by atoms with Gasteiger partial charge in [-0.3, -0.25) is 0 Å². The van der Waals surface area contributed by atoms with Crippen LogP contribution < -0.4 is 10.6 Å². The average Bonchev–Trinajstić information content (AvgIpc) is 3.40. The minimum absolute atomic E-state index is 0.115. The largest absolute Gasteiger partial charge is 0.464 e. The molecule has 0 aliphatic carbocycles. The SMILES string of the molecule is COC(=O)c1cc(-c2ncc(C#N)s2)nc(N2CCCC2(N)c2ccc(C)cc2)n1. The Bertz CT molecular complexity index is 1140. The summed E-state index contributed by atoms with van der Waals surface area (Å²) in [5, 5.41) is 9.63. The maximum Gasteiger partial charge on any atom is 0.356 e. The molecule has 3 heterocycles. The van der Waals surface area contributed by atoms with Crippen LogP contribution in [0.1, 0.15) is 39.3 Å². The highest BCUT2D eigenvalue weighted by molar-refractivity contribution is 7.15. The number of methoxy groups -OCH3 is 1. The van der Waals surface area contributed by atoms with E-state index in [1.165, 1.54) is 30.7 Å². The lowest BCUT2D eigenvalue weighted by Crippen LogP contribution is -2.50. The Morgan fingerprint density at radius 2 is 2.10 bits per heavy atom. The number of anilines is 1. The topological polar surface area (TPSA) is 118 Å². The molecule has 30 heavy (non-hydrogen) atoms. The fourth-order valence-electron chi connectivity index (χ4n) is 3.58. The summed E-state index contributed by atoms with van der Waals surface area (Å²) in [6.45, 7) is 2.67. The van der Waals surface area contributed by atoms with E-state index in [1.54, 1.807) is 0 Å². The number of nitriles is 1. The van der Waals surface area contributed by atoms with Gasteiger partial charge in [0, 0.05) is 12.6 Å². The maximum atomic E-state index is 12.3. The molecule has 1 saturated heterocycles. The van der Waals surface area contributed by atoms with E-state index in [0.717, 1.165) is 24.0 Å². The summed E-state index contributed by atoms with van der Waals surface area (Å²) >= 11 is 1.20. The van der Waals surface area contributed by atoms with Crippen molar-refractivity contribution < 1.29 is 9.53 Å². The molecule has 0 radical (unpaired) electrons. The Kier molecular flexibility index (Phi) is 5.20. The number of ether oxygens (including phenoxy) is 1. The van der Waals surface area contributed by atoms with Crippen LogP contribution in [0, 0.1) is 18.3 Å². The molecule has 2 aromatic heterocycles. The second kappa shape index (κ2) is 7.82. The summed E-state index contributed by atoms with van der Waals surface area (Å²) < 4.78 is 4.87. The van der Waals surface area contributed by atoms with Crippen LogP contribution in [0.25, 0.3) is 10.7 Å². The van der Waals surface area contributed by atoms with Gasteiger partial charge in [0.15, 0.2) is 5.69 Å². The van der Waals surface area contributed by atoms with Gasteiger partial charge in [-0.05, 0) is 25.3 Å². The molecule has 1 unspecified atom stereocenters. The number of hydrogen-bond donors (Lipinski definition) is 1. The summed E-state index contributed by atoms with van der Waals surface area (Å²) in [5.74, 6) is -0.240. The van der Waals surface area contributed by atoms with Crippen LogP contribution in [0.4, 0.5) is 5.95 Å². The summed E-state index contributed by atoms with van der Waals surface area (Å²) in [6.07, 6.45) is 3.07. The van der Waals surface area contributed by atoms with Gasteiger partial charge in [0.2, 0.25) is 5.95 Å². The molecule has 4 rings (SSSR count). The highest BCUT2D eigenvalue weighted by Crippen LogP contribution is 2.37. The Morgan fingerprint density at radius 1 is 1.33 bits per heavy atom. The van der Waals surface area contributed by atoms with Gasteiger partial charge < -0.3 is 15.4 Å². The zero-order valence-corrected chi connectivity index (χ0v) is 17.4. The molecular weight excluding hydrogens is 400 g/mol. The van der Waals surface area contributed by atoms with Gasteiger partial charge in [-0.25, -0.2) is 19.7 Å². The van der Waals surface area contributed by atoms with E-state index in [-0.39, 0.29) is 5.69 Å². The first-order chi connectivity index (χ1) is 14.4. The Morgan fingerprint density at radius 3 is 2.77 bits per heavy atom. The molecule has 8 nitrogen and oxygen atoms in total. The van der Waals surface area contributed by atoms with Crippen LogP contribution in [0.2, 0.25) is 0 Å². The summed E-state index contributed by atoms with van der Waals surface area (Å²) in [7, 11) is 1.30. The molecule has 1 aliphatic heterocycles. The van der Waals surface area contributed by atoms with Gasteiger partial charge in [-0.15, -0.1) is 11.3 Å². The quantitative estimate of drug-likeness (QED) is 0.640. The minimum atomic E-state index is -0.791. The number of thiazole rings is 1. The highest BCUT2D eigenvalue weighted by atomic mass is 32.1. The summed E-state index contributed by atoms with van der Waals surface area (Å²) in [5.41, 5.74) is 8.73. The van der Waals surface area contributed by atoms with Crippen molar-refractivity contribution in [2.75, 3.05) is 18.6 Å². The molecule has 3 aromatic rings. The molecule has 9 heteroatoms. The number of hydrogen-bond acceptors (Lipinski definition) is 9. The second-order valence-corrected chi connectivity index (χ2v) is 8.15. The summed E-state index contributed by atoms with van der Waals surface area (Å²) in [6, 6.07) is 11.7. The van der Waals surface area contributed by atoms with E-state index in [1.807, 2.05) is 36.1 Å². The second-order valence-electron chi connectivity index (χ2n) is 7.12. The normalized spacial score (nSPS) is 18.3. The van der Waals surface area contributed by atoms with E-state index in [2.05, 4.69) is 21.0 Å². The molecule has 1 aliphatic rings. The third kappa shape index (κ3) is 3.51. The molecule has 1 aromatic carbocycles. The van der Waals surface area contributed by atoms with Crippen LogP contribution in [-0.2, 0) is 10.4 Å². The standard InChI is InChI=1S/C21H20N6O2S/c1-13-4-6-14(7-5-13)21(23)8-3-9-27(21)20-25-16(10-17(26-20)19(28)29-2)18-24-12-15(11-22)30-18/h4-7,10,12H,3,8-9,23H2,1-2H3. The molecule has 152 valence electrons. The number of esters is 1. The molecule has 0 saturated carbocycles. The maximum absolute atomic E-state index is 12.3. The van der Waals surface area contributed by atoms with E-state index in [9.17, 15) is 4.79 Å². The van der Waals surface area contributed by atoms with Crippen LogP contribution >= 0.6 is 11.3 Å². The smallest absolute Gasteiger partial charge is 0.356 e. The number of rotatable bonds is 4. The van der Waals surface area contributed by atoms with Crippen LogP contribution in [0.5, 0.6) is 0 Å². The third-order valence-electron chi connectivity index (χ3n) is 5.16. The van der Waals surface area contributed by atoms with E-state index < -0.39 is 11.6 Å². The van der Waals surface area contributed by atoms with Gasteiger partial charge in [0.05, 0.1) is 13.3 Å². The van der Waals surface area contributed by atoms with E-state index >= 15 is 0 Å². The number of nitrogens with two attached hydrogens (primary N) is 1. The van der Waals surface area contributed by atoms with Gasteiger partial charge in [-0.1, -0.05) is 29.8 Å². The highest BCUT2D eigenvalue weighted by Gasteiger charge is 2.41. The number of aromatic nitrogens is 3. The van der Waals surface area contributed by atoms with Crippen molar-refractivity contribution in [2.45, 2.75) is 25.4 Å². The van der Waals surface area contributed by atoms with Crippen molar-refractivity contribution in [3.8, 4) is 16.8 Å². The molecule has 1 fully saturated rings. The Hall–Kier alpha value is -3.35. The lowest BCUT2D eigenvalue weighted by Gasteiger charge is -2.35. The van der Waals surface area contributed by atoms with Crippen molar-refractivity contribution >= 4 is 23.3 Å². The molecule has 0 spiro atoms. The number of nitrogens with zero attached hydrogens (tertiary/aromatic N) is 5. The zero-order chi connectivity index (χ0) is 21.3. The van der Waals surface area contributed by atoms with Crippen molar-refractivity contribution in [3.63, 3.8) is 0 Å². The van der Waals surface area contributed by atoms with Gasteiger partial charge in [-0.2, -0.15) is 5.26 Å². The fraction of sp³-hybridized carbons (Fsp3) is 0.286. The zero-order valence-electron chi connectivity index (χ0n) is 16.6. The Labute approximate surface area is 178 Å². The first-order valence-electron chi connectivity index (χ1n) is 9.42. The van der Waals surface area contributed by atoms with Crippen LogP contribution in [-0.4, -0.2) is 34.6 Å². The first kappa shape index (κ1) is 19.9. The molecule has 2 N–H and O–H groups in total. The van der Waals surface area contributed by atoms with Crippen LogP contribution in [0.15, 0.2) is 36.5 Å². The van der Waals surface area contributed by atoms with Crippen molar-refractivity contribution in [3.05, 3.63) is 58.2 Å². The molecule has 0 bridgehead atoms. The first-order valence-corrected chi connectivity index (χ1v) is 10.2. The fourth-order valence-corrected chi connectivity index (χ4v) is 4.25. The third-order valence-corrected chi connectivity index (χ3v) is 6.08.